The largest absolute Gasteiger partial charge is 0.341 e. The molecule has 0 spiro atoms. The lowest BCUT2D eigenvalue weighted by molar-refractivity contribution is 0.544. The van der Waals surface area contributed by atoms with Crippen molar-refractivity contribution in [2.45, 2.75) is 46.6 Å². The summed E-state index contributed by atoms with van der Waals surface area (Å²) in [5.41, 5.74) is 3.81. The first-order chi connectivity index (χ1) is 9.86. The number of aromatic nitrogens is 2. The summed E-state index contributed by atoms with van der Waals surface area (Å²) in [5.74, 6) is 1.65. The van der Waals surface area contributed by atoms with E-state index in [0.717, 1.165) is 24.6 Å². The normalized spacial score (nSPS) is 12.1. The highest BCUT2D eigenvalue weighted by Gasteiger charge is 2.13. The molecule has 0 aliphatic heterocycles. The lowest BCUT2D eigenvalue weighted by atomic mass is 9.86. The van der Waals surface area contributed by atoms with E-state index < -0.39 is 0 Å². The van der Waals surface area contributed by atoms with Crippen LogP contribution in [0.2, 0.25) is 0 Å². The summed E-state index contributed by atoms with van der Waals surface area (Å²) in [7, 11) is 0. The van der Waals surface area contributed by atoms with Crippen LogP contribution >= 0.6 is 0 Å². The van der Waals surface area contributed by atoms with Gasteiger partial charge >= 0.3 is 0 Å². The van der Waals surface area contributed by atoms with Crippen molar-refractivity contribution in [3.05, 3.63) is 41.9 Å². The minimum Gasteiger partial charge on any atom is -0.341 e. The molecule has 3 nitrogen and oxygen atoms in total. The number of rotatable bonds is 5. The highest BCUT2D eigenvalue weighted by Crippen LogP contribution is 2.25. The molecule has 0 atom stereocenters. The maximum atomic E-state index is 4.44. The Labute approximate surface area is 128 Å². The van der Waals surface area contributed by atoms with E-state index in [1.807, 2.05) is 6.20 Å². The molecular weight excluding hydrogens is 258 g/mol. The van der Waals surface area contributed by atoms with Gasteiger partial charge in [-0.15, -0.1) is 0 Å². The van der Waals surface area contributed by atoms with Gasteiger partial charge in [-0.1, -0.05) is 58.9 Å². The Balaban J connectivity index is 2.04. The molecule has 2 rings (SSSR count). The number of nitrogens with zero attached hydrogens (tertiary/aromatic N) is 1. The first-order valence-corrected chi connectivity index (χ1v) is 7.72. The second kappa shape index (κ2) is 6.44. The molecule has 0 unspecified atom stereocenters. The maximum Gasteiger partial charge on any atom is 0.120 e. The van der Waals surface area contributed by atoms with Crippen molar-refractivity contribution in [2.24, 2.45) is 5.92 Å². The molecule has 2 aromatic rings. The summed E-state index contributed by atoms with van der Waals surface area (Å²) in [5, 5.41) is 3.40. The standard InChI is InChI=1S/C18H27N3/c1-13(2)10-19-12-17-20-11-16(21-17)14-6-8-15(9-7-14)18(3,4)5/h6-9,11,13,19H,10,12H2,1-5H3,(H,20,21). The van der Waals surface area contributed by atoms with Gasteiger partial charge in [-0.2, -0.15) is 0 Å². The molecule has 2 N–H and O–H groups in total. The van der Waals surface area contributed by atoms with Crippen molar-refractivity contribution in [1.29, 1.82) is 0 Å². The van der Waals surface area contributed by atoms with Gasteiger partial charge in [0.25, 0.3) is 0 Å². The molecule has 0 fully saturated rings. The Kier molecular flexibility index (Phi) is 4.84. The molecule has 21 heavy (non-hydrogen) atoms. The fourth-order valence-electron chi connectivity index (χ4n) is 2.23. The van der Waals surface area contributed by atoms with Crippen LogP contribution in [0.4, 0.5) is 0 Å². The maximum absolute atomic E-state index is 4.44. The quantitative estimate of drug-likeness (QED) is 0.867. The third-order valence-corrected chi connectivity index (χ3v) is 3.54. The summed E-state index contributed by atoms with van der Waals surface area (Å²) in [4.78, 5) is 7.83. The van der Waals surface area contributed by atoms with E-state index in [1.165, 1.54) is 11.1 Å². The van der Waals surface area contributed by atoms with Crippen molar-refractivity contribution < 1.29 is 0 Å². The number of H-pyrrole nitrogens is 1. The van der Waals surface area contributed by atoms with Gasteiger partial charge in [0.15, 0.2) is 0 Å². The van der Waals surface area contributed by atoms with Crippen LogP contribution in [-0.4, -0.2) is 16.5 Å². The SMILES string of the molecule is CC(C)CNCc1ncc(-c2ccc(C(C)(C)C)cc2)[nH]1. The van der Waals surface area contributed by atoms with Gasteiger partial charge in [-0.05, 0) is 29.0 Å². The Bertz CT molecular complexity index is 559. The van der Waals surface area contributed by atoms with Gasteiger partial charge in [-0.25, -0.2) is 4.98 Å². The van der Waals surface area contributed by atoms with Gasteiger partial charge in [0.1, 0.15) is 5.82 Å². The Hall–Kier alpha value is -1.61. The molecule has 0 bridgehead atoms. The van der Waals surface area contributed by atoms with Crippen LogP contribution in [0.3, 0.4) is 0 Å². The molecule has 3 heteroatoms. The van der Waals surface area contributed by atoms with E-state index >= 15 is 0 Å². The van der Waals surface area contributed by atoms with E-state index in [0.29, 0.717) is 5.92 Å². The van der Waals surface area contributed by atoms with E-state index in [1.54, 1.807) is 0 Å². The van der Waals surface area contributed by atoms with E-state index in [-0.39, 0.29) is 5.41 Å². The van der Waals surface area contributed by atoms with Crippen LogP contribution < -0.4 is 5.32 Å². The van der Waals surface area contributed by atoms with Crippen molar-refractivity contribution >= 4 is 0 Å². The second-order valence-electron chi connectivity index (χ2n) is 7.10. The van der Waals surface area contributed by atoms with Crippen LogP contribution in [0.25, 0.3) is 11.3 Å². The summed E-state index contributed by atoms with van der Waals surface area (Å²) >= 11 is 0. The number of nitrogens with one attached hydrogen (secondary N) is 2. The molecule has 114 valence electrons. The molecule has 1 aromatic heterocycles. The van der Waals surface area contributed by atoms with Gasteiger partial charge in [0.05, 0.1) is 18.4 Å². The van der Waals surface area contributed by atoms with Crippen LogP contribution in [0.5, 0.6) is 0 Å². The van der Waals surface area contributed by atoms with Gasteiger partial charge in [0.2, 0.25) is 0 Å². The van der Waals surface area contributed by atoms with E-state index in [4.69, 9.17) is 0 Å². The molecule has 1 heterocycles. The fraction of sp³-hybridized carbons (Fsp3) is 0.500. The molecule has 0 aliphatic rings. The molecule has 0 saturated heterocycles. The van der Waals surface area contributed by atoms with Crippen LogP contribution in [0, 0.1) is 5.92 Å². The Morgan fingerprint density at radius 3 is 2.38 bits per heavy atom. The van der Waals surface area contributed by atoms with Gasteiger partial charge in [-0.3, -0.25) is 0 Å². The Morgan fingerprint density at radius 1 is 1.14 bits per heavy atom. The van der Waals surface area contributed by atoms with Crippen LogP contribution in [0.1, 0.15) is 46.0 Å². The van der Waals surface area contributed by atoms with Crippen molar-refractivity contribution in [3.63, 3.8) is 0 Å². The highest BCUT2D eigenvalue weighted by atomic mass is 15.0. The summed E-state index contributed by atoms with van der Waals surface area (Å²) in [6, 6.07) is 8.73. The first kappa shape index (κ1) is 15.8. The van der Waals surface area contributed by atoms with Crippen LogP contribution in [0.15, 0.2) is 30.5 Å². The average Bonchev–Trinajstić information content (AvgIpc) is 2.86. The minimum atomic E-state index is 0.193. The van der Waals surface area contributed by atoms with E-state index in [2.05, 4.69) is 74.2 Å². The number of aromatic amines is 1. The molecule has 0 aliphatic carbocycles. The monoisotopic (exact) mass is 285 g/mol. The summed E-state index contributed by atoms with van der Waals surface area (Å²) in [6.07, 6.45) is 1.92. The zero-order valence-electron chi connectivity index (χ0n) is 13.8. The van der Waals surface area contributed by atoms with Crippen molar-refractivity contribution in [3.8, 4) is 11.3 Å². The van der Waals surface area contributed by atoms with E-state index in [9.17, 15) is 0 Å². The first-order valence-electron chi connectivity index (χ1n) is 7.72. The molecule has 0 amide bonds. The van der Waals surface area contributed by atoms with Gasteiger partial charge < -0.3 is 10.3 Å². The zero-order chi connectivity index (χ0) is 15.5. The minimum absolute atomic E-state index is 0.193. The number of hydrogen-bond acceptors (Lipinski definition) is 2. The third kappa shape index (κ3) is 4.43. The lowest BCUT2D eigenvalue weighted by Crippen LogP contribution is -2.19. The Morgan fingerprint density at radius 2 is 1.81 bits per heavy atom. The summed E-state index contributed by atoms with van der Waals surface area (Å²) in [6.45, 7) is 12.9. The molecular formula is C18H27N3. The topological polar surface area (TPSA) is 40.7 Å². The third-order valence-electron chi connectivity index (χ3n) is 3.54. The molecule has 1 aromatic carbocycles. The van der Waals surface area contributed by atoms with Crippen molar-refractivity contribution in [1.82, 2.24) is 15.3 Å². The number of imidazole rings is 1. The lowest BCUT2D eigenvalue weighted by Gasteiger charge is -2.18. The fourth-order valence-corrected chi connectivity index (χ4v) is 2.23. The van der Waals surface area contributed by atoms with Gasteiger partial charge in [0, 0.05) is 0 Å². The zero-order valence-corrected chi connectivity index (χ0v) is 13.8. The number of benzene rings is 1. The predicted octanol–water partition coefficient (Wildman–Crippen LogP) is 4.12. The average molecular weight is 285 g/mol. The van der Waals surface area contributed by atoms with Crippen LogP contribution in [-0.2, 0) is 12.0 Å². The highest BCUT2D eigenvalue weighted by molar-refractivity contribution is 5.59. The summed E-state index contributed by atoms with van der Waals surface area (Å²) < 4.78 is 0. The predicted molar refractivity (Wildman–Crippen MR) is 89.3 cm³/mol. The molecule has 0 radical (unpaired) electrons. The second-order valence-corrected chi connectivity index (χ2v) is 7.10. The van der Waals surface area contributed by atoms with Crippen molar-refractivity contribution in [2.75, 3.05) is 6.54 Å². The molecule has 0 saturated carbocycles. The smallest absolute Gasteiger partial charge is 0.120 e. The number of hydrogen-bond donors (Lipinski definition) is 2.